The van der Waals surface area contributed by atoms with Gasteiger partial charge in [-0.3, -0.25) is 4.79 Å². The largest absolute Gasteiger partial charge is 0.468 e. The van der Waals surface area contributed by atoms with Gasteiger partial charge in [-0.25, -0.2) is 8.42 Å². The van der Waals surface area contributed by atoms with Gasteiger partial charge in [0, 0.05) is 0 Å². The second-order valence-corrected chi connectivity index (χ2v) is 5.89. The van der Waals surface area contributed by atoms with E-state index in [2.05, 4.69) is 9.46 Å². The SMILES string of the molecule is COC(=O)[C@H](NS(=O)(=O)c1ccccc1)C(C)C. The average Bonchev–Trinajstić information content (AvgIpc) is 2.36. The molecule has 0 spiro atoms. The third-order valence-corrected chi connectivity index (χ3v) is 3.91. The summed E-state index contributed by atoms with van der Waals surface area (Å²) < 4.78 is 31.0. The Morgan fingerprint density at radius 2 is 1.78 bits per heavy atom. The van der Waals surface area contributed by atoms with Gasteiger partial charge >= 0.3 is 5.97 Å². The molecule has 0 radical (unpaired) electrons. The molecule has 0 unspecified atom stereocenters. The fourth-order valence-corrected chi connectivity index (χ4v) is 2.77. The summed E-state index contributed by atoms with van der Waals surface area (Å²) in [7, 11) is -2.48. The van der Waals surface area contributed by atoms with E-state index in [1.54, 1.807) is 32.0 Å². The van der Waals surface area contributed by atoms with Gasteiger partial charge in [-0.1, -0.05) is 32.0 Å². The molecular weight excluding hydrogens is 254 g/mol. The Morgan fingerprint density at radius 3 is 2.22 bits per heavy atom. The summed E-state index contributed by atoms with van der Waals surface area (Å²) in [5.74, 6) is -0.791. The molecule has 0 heterocycles. The molecule has 0 bridgehead atoms. The Labute approximate surface area is 107 Å². The molecule has 0 aliphatic rings. The molecule has 1 aromatic carbocycles. The lowest BCUT2D eigenvalue weighted by Crippen LogP contribution is -2.44. The van der Waals surface area contributed by atoms with Gasteiger partial charge in [0.25, 0.3) is 0 Å². The number of hydrogen-bond donors (Lipinski definition) is 1. The van der Waals surface area contributed by atoms with Crippen molar-refractivity contribution in [2.45, 2.75) is 24.8 Å². The summed E-state index contributed by atoms with van der Waals surface area (Å²) in [6.07, 6.45) is 0. The van der Waals surface area contributed by atoms with Crippen molar-refractivity contribution >= 4 is 16.0 Å². The number of esters is 1. The summed E-state index contributed by atoms with van der Waals surface area (Å²) in [5, 5.41) is 0. The minimum absolute atomic E-state index is 0.125. The first-order chi connectivity index (χ1) is 8.38. The number of hydrogen-bond acceptors (Lipinski definition) is 4. The van der Waals surface area contributed by atoms with E-state index in [9.17, 15) is 13.2 Å². The van der Waals surface area contributed by atoms with Gasteiger partial charge in [0.05, 0.1) is 12.0 Å². The maximum Gasteiger partial charge on any atom is 0.324 e. The lowest BCUT2D eigenvalue weighted by Gasteiger charge is -2.19. The van der Waals surface area contributed by atoms with Gasteiger partial charge in [-0.05, 0) is 18.1 Å². The molecule has 0 amide bonds. The van der Waals surface area contributed by atoms with Gasteiger partial charge < -0.3 is 4.74 Å². The van der Waals surface area contributed by atoms with Crippen LogP contribution < -0.4 is 4.72 Å². The summed E-state index contributed by atoms with van der Waals surface area (Å²) in [4.78, 5) is 11.6. The number of nitrogens with one attached hydrogen (secondary N) is 1. The highest BCUT2D eigenvalue weighted by molar-refractivity contribution is 7.89. The molecule has 1 N–H and O–H groups in total. The van der Waals surface area contributed by atoms with Gasteiger partial charge in [-0.15, -0.1) is 0 Å². The second-order valence-electron chi connectivity index (χ2n) is 4.18. The third kappa shape index (κ3) is 3.54. The lowest BCUT2D eigenvalue weighted by atomic mass is 10.1. The number of sulfonamides is 1. The van der Waals surface area contributed by atoms with E-state index in [4.69, 9.17) is 0 Å². The van der Waals surface area contributed by atoms with Crippen molar-refractivity contribution in [2.75, 3.05) is 7.11 Å². The first kappa shape index (κ1) is 14.7. The van der Waals surface area contributed by atoms with Crippen LogP contribution in [0.5, 0.6) is 0 Å². The first-order valence-corrected chi connectivity index (χ1v) is 7.02. The summed E-state index contributed by atoms with van der Waals surface area (Å²) in [5.41, 5.74) is 0. The number of methoxy groups -OCH3 is 1. The van der Waals surface area contributed by atoms with Crippen LogP contribution in [0.3, 0.4) is 0 Å². The van der Waals surface area contributed by atoms with E-state index in [1.807, 2.05) is 0 Å². The van der Waals surface area contributed by atoms with Crippen LogP contribution in [-0.2, 0) is 19.6 Å². The van der Waals surface area contributed by atoms with Crippen molar-refractivity contribution in [1.29, 1.82) is 0 Å². The summed E-state index contributed by atoms with van der Waals surface area (Å²) >= 11 is 0. The fourth-order valence-electron chi connectivity index (χ4n) is 1.42. The molecule has 18 heavy (non-hydrogen) atoms. The molecular formula is C12H17NO4S. The van der Waals surface area contributed by atoms with Crippen LogP contribution in [0, 0.1) is 5.92 Å². The lowest BCUT2D eigenvalue weighted by molar-refractivity contribution is -0.143. The molecule has 100 valence electrons. The highest BCUT2D eigenvalue weighted by Gasteiger charge is 2.28. The van der Waals surface area contributed by atoms with Crippen molar-refractivity contribution in [1.82, 2.24) is 4.72 Å². The molecule has 6 heteroatoms. The molecule has 0 aliphatic heterocycles. The Bertz CT molecular complexity index is 496. The zero-order chi connectivity index (χ0) is 13.8. The van der Waals surface area contributed by atoms with Crippen LogP contribution in [0.4, 0.5) is 0 Å². The van der Waals surface area contributed by atoms with E-state index < -0.39 is 22.0 Å². The van der Waals surface area contributed by atoms with E-state index in [0.717, 1.165) is 0 Å². The fraction of sp³-hybridized carbons (Fsp3) is 0.417. The van der Waals surface area contributed by atoms with Gasteiger partial charge in [-0.2, -0.15) is 4.72 Å². The average molecular weight is 271 g/mol. The van der Waals surface area contributed by atoms with Crippen LogP contribution in [0.15, 0.2) is 35.2 Å². The predicted octanol–water partition coefficient (Wildman–Crippen LogP) is 1.16. The van der Waals surface area contributed by atoms with Crippen LogP contribution in [0.2, 0.25) is 0 Å². The molecule has 5 nitrogen and oxygen atoms in total. The highest BCUT2D eigenvalue weighted by atomic mass is 32.2. The van der Waals surface area contributed by atoms with Crippen LogP contribution in [0.25, 0.3) is 0 Å². The normalized spacial score (nSPS) is 13.3. The van der Waals surface area contributed by atoms with E-state index >= 15 is 0 Å². The molecule has 0 saturated heterocycles. The Balaban J connectivity index is 2.97. The number of carbonyl (C=O) groups excluding carboxylic acids is 1. The zero-order valence-electron chi connectivity index (χ0n) is 10.6. The zero-order valence-corrected chi connectivity index (χ0v) is 11.4. The van der Waals surface area contributed by atoms with E-state index in [1.165, 1.54) is 19.2 Å². The molecule has 1 rings (SSSR count). The van der Waals surface area contributed by atoms with Crippen LogP contribution >= 0.6 is 0 Å². The summed E-state index contributed by atoms with van der Waals surface area (Å²) in [6.45, 7) is 3.49. The topological polar surface area (TPSA) is 72.5 Å². The van der Waals surface area contributed by atoms with Crippen molar-refractivity contribution in [3.63, 3.8) is 0 Å². The summed E-state index contributed by atoms with van der Waals surface area (Å²) in [6, 6.07) is 7.02. The first-order valence-electron chi connectivity index (χ1n) is 5.53. The number of ether oxygens (including phenoxy) is 1. The van der Waals surface area contributed by atoms with Crippen molar-refractivity contribution in [3.8, 4) is 0 Å². The molecule has 0 aliphatic carbocycles. The Morgan fingerprint density at radius 1 is 1.22 bits per heavy atom. The molecule has 1 aromatic rings. The van der Waals surface area contributed by atoms with E-state index in [-0.39, 0.29) is 10.8 Å². The van der Waals surface area contributed by atoms with Crippen LogP contribution in [-0.4, -0.2) is 27.5 Å². The van der Waals surface area contributed by atoms with Crippen LogP contribution in [0.1, 0.15) is 13.8 Å². The quantitative estimate of drug-likeness (QED) is 0.816. The smallest absolute Gasteiger partial charge is 0.324 e. The maximum atomic E-state index is 12.0. The van der Waals surface area contributed by atoms with E-state index in [0.29, 0.717) is 0 Å². The predicted molar refractivity (Wildman–Crippen MR) is 67.4 cm³/mol. The minimum Gasteiger partial charge on any atom is -0.468 e. The second kappa shape index (κ2) is 5.97. The van der Waals surface area contributed by atoms with Gasteiger partial charge in [0.1, 0.15) is 6.04 Å². The molecule has 0 aromatic heterocycles. The Hall–Kier alpha value is -1.40. The molecule has 1 atom stereocenters. The number of benzene rings is 1. The van der Waals surface area contributed by atoms with Gasteiger partial charge in [0.2, 0.25) is 10.0 Å². The Kier molecular flexibility index (Phi) is 4.86. The standard InChI is InChI=1S/C12H17NO4S/c1-9(2)11(12(14)17-3)13-18(15,16)10-7-5-4-6-8-10/h4-9,11,13H,1-3H3/t11-/m1/s1. The third-order valence-electron chi connectivity index (χ3n) is 2.46. The minimum atomic E-state index is -3.71. The molecule has 0 saturated carbocycles. The monoisotopic (exact) mass is 271 g/mol. The van der Waals surface area contributed by atoms with Crippen molar-refractivity contribution in [3.05, 3.63) is 30.3 Å². The van der Waals surface area contributed by atoms with Crippen molar-refractivity contribution < 1.29 is 17.9 Å². The number of rotatable bonds is 5. The molecule has 0 fully saturated rings. The maximum absolute atomic E-state index is 12.0. The number of carbonyl (C=O) groups is 1. The highest BCUT2D eigenvalue weighted by Crippen LogP contribution is 2.12. The van der Waals surface area contributed by atoms with Crippen molar-refractivity contribution in [2.24, 2.45) is 5.92 Å². The van der Waals surface area contributed by atoms with Gasteiger partial charge in [0.15, 0.2) is 0 Å².